The molecule has 0 atom stereocenters. The van der Waals surface area contributed by atoms with Gasteiger partial charge in [-0.05, 0) is 72.5 Å². The van der Waals surface area contributed by atoms with E-state index in [0.29, 0.717) is 28.5 Å². The molecule has 12 rings (SSSR count). The summed E-state index contributed by atoms with van der Waals surface area (Å²) in [5.74, 6) is 1.04. The highest BCUT2D eigenvalue weighted by atomic mass is 15.0. The van der Waals surface area contributed by atoms with Crippen LogP contribution in [0.3, 0.4) is 0 Å². The summed E-state index contributed by atoms with van der Waals surface area (Å²) in [5.41, 5.74) is 18.0. The molecule has 0 radical (unpaired) electrons. The van der Waals surface area contributed by atoms with Crippen molar-refractivity contribution >= 4 is 21.8 Å². The first kappa shape index (κ1) is 42.8. The summed E-state index contributed by atoms with van der Waals surface area (Å²) in [5, 5.41) is 13.3. The zero-order valence-corrected chi connectivity index (χ0v) is 39.1. The van der Waals surface area contributed by atoms with Gasteiger partial charge < -0.3 is 4.57 Å². The molecule has 9 aromatic carbocycles. The van der Waals surface area contributed by atoms with Crippen LogP contribution in [0.15, 0.2) is 231 Å². The number of aromatic nitrogens is 5. The monoisotopic (exact) mass is 908 g/mol. The number of benzene rings is 9. The van der Waals surface area contributed by atoms with E-state index >= 15 is 0 Å². The number of nitrogens with zero attached hydrogens (tertiary/aromatic N) is 6. The summed E-state index contributed by atoms with van der Waals surface area (Å²) in [4.78, 5) is 21.5. The first-order valence-corrected chi connectivity index (χ1v) is 23.8. The van der Waals surface area contributed by atoms with E-state index in [1.165, 1.54) is 11.1 Å². The lowest BCUT2D eigenvalue weighted by Gasteiger charge is -2.20. The van der Waals surface area contributed by atoms with E-state index in [1.54, 1.807) is 0 Å². The largest absolute Gasteiger partial charge is 0.308 e. The van der Waals surface area contributed by atoms with Crippen molar-refractivity contribution in [3.8, 4) is 102 Å². The van der Waals surface area contributed by atoms with Crippen LogP contribution in [0.1, 0.15) is 16.7 Å². The minimum atomic E-state index is 0.441. The maximum absolute atomic E-state index is 11.1. The summed E-state index contributed by atoms with van der Waals surface area (Å²) in [6, 6.07) is 82.1. The molecule has 0 saturated heterocycles. The number of hydrogen-bond donors (Lipinski definition) is 0. The molecule has 3 aromatic heterocycles. The highest BCUT2D eigenvalue weighted by molar-refractivity contribution is 6.12. The second kappa shape index (κ2) is 18.2. The van der Waals surface area contributed by atoms with Gasteiger partial charge in [-0.2, -0.15) is 5.26 Å². The average Bonchev–Trinajstić information content (AvgIpc) is 3.76. The number of rotatable bonds is 9. The van der Waals surface area contributed by atoms with E-state index < -0.39 is 0 Å². The van der Waals surface area contributed by atoms with Crippen molar-refractivity contribution in [2.24, 2.45) is 0 Å². The van der Waals surface area contributed by atoms with Gasteiger partial charge in [0, 0.05) is 44.2 Å². The van der Waals surface area contributed by atoms with E-state index in [1.807, 2.05) is 109 Å². The second-order valence-corrected chi connectivity index (χ2v) is 18.0. The Morgan fingerprint density at radius 2 is 0.718 bits per heavy atom. The van der Waals surface area contributed by atoms with Gasteiger partial charge in [-0.3, -0.25) is 0 Å². The van der Waals surface area contributed by atoms with Gasteiger partial charge in [0.2, 0.25) is 0 Å². The third-order valence-corrected chi connectivity index (χ3v) is 13.2. The van der Waals surface area contributed by atoms with Gasteiger partial charge in [0.1, 0.15) is 0 Å². The van der Waals surface area contributed by atoms with Crippen LogP contribution in [0.25, 0.3) is 118 Å². The number of fused-ring (bicyclic) bond motifs is 3. The summed E-state index contributed by atoms with van der Waals surface area (Å²) < 4.78 is 2.36. The van der Waals surface area contributed by atoms with E-state index in [0.717, 1.165) is 94.6 Å². The third-order valence-electron chi connectivity index (χ3n) is 13.2. The Morgan fingerprint density at radius 1 is 0.338 bits per heavy atom. The van der Waals surface area contributed by atoms with E-state index in [4.69, 9.17) is 19.9 Å². The molecule has 0 aliphatic rings. The van der Waals surface area contributed by atoms with Crippen LogP contribution in [0.5, 0.6) is 0 Å². The topological polar surface area (TPSA) is 80.3 Å². The van der Waals surface area contributed by atoms with Crippen LogP contribution < -0.4 is 0 Å². The first-order chi connectivity index (χ1) is 34.9. The predicted octanol–water partition coefficient (Wildman–Crippen LogP) is 16.2. The maximum atomic E-state index is 11.1. The van der Waals surface area contributed by atoms with Crippen molar-refractivity contribution in [3.63, 3.8) is 0 Å². The van der Waals surface area contributed by atoms with Crippen molar-refractivity contribution in [3.05, 3.63) is 247 Å². The van der Waals surface area contributed by atoms with Gasteiger partial charge in [-0.25, -0.2) is 19.9 Å². The Labute approximate surface area is 412 Å². The summed E-state index contributed by atoms with van der Waals surface area (Å²) in [6.07, 6.45) is 0. The zero-order valence-electron chi connectivity index (χ0n) is 39.1. The molecule has 0 N–H and O–H groups in total. The number of hydrogen-bond acceptors (Lipinski definition) is 5. The fourth-order valence-electron chi connectivity index (χ4n) is 9.56. The molecule has 0 saturated carbocycles. The molecule has 6 heteroatoms. The van der Waals surface area contributed by atoms with Crippen molar-refractivity contribution in [2.45, 2.75) is 13.8 Å². The Bertz CT molecular complexity index is 3610. The highest BCUT2D eigenvalue weighted by Gasteiger charge is 2.26. The molecular formula is C65H44N6. The van der Waals surface area contributed by atoms with Crippen LogP contribution in [0.2, 0.25) is 0 Å². The van der Waals surface area contributed by atoms with Gasteiger partial charge in [0.25, 0.3) is 0 Å². The quantitative estimate of drug-likeness (QED) is 0.144. The molecule has 0 amide bonds. The van der Waals surface area contributed by atoms with Gasteiger partial charge in [-0.1, -0.05) is 205 Å². The fourth-order valence-corrected chi connectivity index (χ4v) is 9.56. The van der Waals surface area contributed by atoms with E-state index in [-0.39, 0.29) is 0 Å². The van der Waals surface area contributed by atoms with Crippen LogP contribution in [0.4, 0.5) is 0 Å². The Hall–Kier alpha value is -9.57. The van der Waals surface area contributed by atoms with Gasteiger partial charge in [-0.15, -0.1) is 0 Å². The van der Waals surface area contributed by atoms with Gasteiger partial charge >= 0.3 is 0 Å². The predicted molar refractivity (Wildman–Crippen MR) is 290 cm³/mol. The lowest BCUT2D eigenvalue weighted by Crippen LogP contribution is -2.06. The first-order valence-electron chi connectivity index (χ1n) is 23.8. The van der Waals surface area contributed by atoms with Gasteiger partial charge in [0.05, 0.1) is 51.1 Å². The minimum absolute atomic E-state index is 0.441. The molecule has 0 unspecified atom stereocenters. The van der Waals surface area contributed by atoms with Crippen molar-refractivity contribution in [1.82, 2.24) is 24.5 Å². The SMILES string of the molecule is Cc1ccc(-c2ccc3c4ccc(-c5ccc(C)cc5)cc4n(-c4c(-c5cc(-c6ccccc6)nc(-c6ccccc6)n5)cc(C#N)cc4-c4nc(-c5ccccc5)cc(-c5ccccc5)n4)c3c2)cc1. The minimum Gasteiger partial charge on any atom is -0.308 e. The summed E-state index contributed by atoms with van der Waals surface area (Å²) >= 11 is 0. The zero-order chi connectivity index (χ0) is 47.8. The lowest BCUT2D eigenvalue weighted by molar-refractivity contribution is 1.13. The van der Waals surface area contributed by atoms with Gasteiger partial charge in [0.15, 0.2) is 11.6 Å². The molecule has 0 aliphatic carbocycles. The smallest absolute Gasteiger partial charge is 0.162 e. The Morgan fingerprint density at radius 3 is 1.17 bits per heavy atom. The molecule has 334 valence electrons. The molecule has 71 heavy (non-hydrogen) atoms. The van der Waals surface area contributed by atoms with Crippen molar-refractivity contribution in [2.75, 3.05) is 0 Å². The molecule has 3 heterocycles. The molecule has 0 fully saturated rings. The average molecular weight is 909 g/mol. The van der Waals surface area contributed by atoms with E-state index in [2.05, 4.69) is 146 Å². The normalized spacial score (nSPS) is 11.2. The fraction of sp³-hybridized carbons (Fsp3) is 0.0308. The van der Waals surface area contributed by atoms with Crippen molar-refractivity contribution < 1.29 is 0 Å². The molecule has 0 spiro atoms. The molecule has 12 aromatic rings. The van der Waals surface area contributed by atoms with Crippen LogP contribution in [-0.2, 0) is 0 Å². The Balaban J connectivity index is 1.25. The molecule has 0 bridgehead atoms. The molecule has 0 aliphatic heterocycles. The van der Waals surface area contributed by atoms with Crippen LogP contribution in [0, 0.1) is 25.2 Å². The second-order valence-electron chi connectivity index (χ2n) is 18.0. The van der Waals surface area contributed by atoms with Crippen molar-refractivity contribution in [1.29, 1.82) is 5.26 Å². The van der Waals surface area contributed by atoms with E-state index in [9.17, 15) is 5.26 Å². The summed E-state index contributed by atoms with van der Waals surface area (Å²) in [7, 11) is 0. The molecule has 6 nitrogen and oxygen atoms in total. The molecular weight excluding hydrogens is 865 g/mol. The van der Waals surface area contributed by atoms with Crippen LogP contribution in [-0.4, -0.2) is 24.5 Å². The lowest BCUT2D eigenvalue weighted by atomic mass is 9.97. The number of nitriles is 1. The third kappa shape index (κ3) is 8.22. The standard InChI is InChI=1S/C65H44N6/c1-42-23-27-45(28-24-42)51-31-33-53-54-34-32-52(46-29-25-43(2)26-30-46)38-62(54)71(61(53)37-51)63-55(60-40-59(49-19-11-5-12-20-49)67-64(70-60)50-21-13-6-14-22-50)35-44(41-66)36-56(63)65-68-57(47-15-7-3-8-16-47)39-58(69-65)48-17-9-4-10-18-48/h3-40H,1-2H3. The summed E-state index contributed by atoms with van der Waals surface area (Å²) in [6.45, 7) is 4.23. The number of aryl methyl sites for hydroxylation is 2. The Kier molecular flexibility index (Phi) is 10.9. The van der Waals surface area contributed by atoms with Crippen LogP contribution >= 0.6 is 0 Å². The highest BCUT2D eigenvalue weighted by Crippen LogP contribution is 2.44. The maximum Gasteiger partial charge on any atom is 0.162 e.